The Bertz CT molecular complexity index is 918. The third kappa shape index (κ3) is 3.56. The van der Waals surface area contributed by atoms with Gasteiger partial charge >= 0.3 is 5.69 Å². The average molecular weight is 390 g/mol. The Balaban J connectivity index is 2.56. The van der Waals surface area contributed by atoms with Gasteiger partial charge in [0.15, 0.2) is 0 Å². The first-order valence-electron chi connectivity index (χ1n) is 6.37. The van der Waals surface area contributed by atoms with Gasteiger partial charge in [0.05, 0.1) is 26.0 Å². The highest BCUT2D eigenvalue weighted by Gasteiger charge is 2.18. The number of hydrogen-bond acceptors (Lipinski definition) is 6. The third-order valence-corrected chi connectivity index (χ3v) is 3.67. The molecule has 0 bridgehead atoms. The number of non-ortho nitro benzene ring substituents is 1. The van der Waals surface area contributed by atoms with Crippen LogP contribution in [0, 0.1) is 31.6 Å². The van der Waals surface area contributed by atoms with Crippen molar-refractivity contribution in [3.05, 3.63) is 72.2 Å². The summed E-state index contributed by atoms with van der Waals surface area (Å²) in [6, 6.07) is 9.90. The van der Waals surface area contributed by atoms with Crippen LogP contribution in [0.5, 0.6) is 5.75 Å². The molecule has 120 valence electrons. The van der Waals surface area contributed by atoms with Crippen LogP contribution in [0.25, 0.3) is 11.6 Å². The number of rotatable bonds is 4. The molecule has 0 aromatic heterocycles. The van der Waals surface area contributed by atoms with Crippen LogP contribution in [-0.2, 0) is 0 Å². The molecule has 0 saturated heterocycles. The molecule has 24 heavy (non-hydrogen) atoms. The van der Waals surface area contributed by atoms with E-state index in [9.17, 15) is 30.6 Å². The minimum atomic E-state index is -0.753. The first-order chi connectivity index (χ1) is 11.3. The van der Waals surface area contributed by atoms with E-state index in [1.807, 2.05) is 6.07 Å². The van der Waals surface area contributed by atoms with E-state index in [1.54, 1.807) is 0 Å². The van der Waals surface area contributed by atoms with Crippen LogP contribution in [0.2, 0.25) is 0 Å². The van der Waals surface area contributed by atoms with Crippen LogP contribution < -0.4 is 0 Å². The zero-order valence-electron chi connectivity index (χ0n) is 11.8. The molecule has 0 unspecified atom stereocenters. The molecule has 2 rings (SSSR count). The fraction of sp³-hybridized carbons (Fsp3) is 0. The zero-order chi connectivity index (χ0) is 17.9. The number of hydrogen-bond donors (Lipinski definition) is 1. The highest BCUT2D eigenvalue weighted by molar-refractivity contribution is 9.10. The van der Waals surface area contributed by atoms with Gasteiger partial charge in [0.2, 0.25) is 5.75 Å². The molecule has 0 atom stereocenters. The van der Waals surface area contributed by atoms with Crippen molar-refractivity contribution < 1.29 is 15.0 Å². The first kappa shape index (κ1) is 17.1. The molecule has 0 amide bonds. The molecule has 0 aliphatic carbocycles. The van der Waals surface area contributed by atoms with Gasteiger partial charge in [-0.05, 0) is 39.2 Å². The van der Waals surface area contributed by atoms with Crippen LogP contribution in [-0.4, -0.2) is 15.0 Å². The second kappa shape index (κ2) is 6.89. The maximum absolute atomic E-state index is 10.9. The topological polar surface area (TPSA) is 130 Å². The standard InChI is InChI=1S/C15H8BrN3O5/c16-13-5-9(6-14(15(13)20)19(23)24)4-11(8-17)10-2-1-3-12(7-10)18(21)22/h1-7,20H/b11-4-. The van der Waals surface area contributed by atoms with E-state index in [1.165, 1.54) is 36.4 Å². The van der Waals surface area contributed by atoms with E-state index in [0.29, 0.717) is 5.56 Å². The van der Waals surface area contributed by atoms with Crippen molar-refractivity contribution in [3.8, 4) is 11.8 Å². The predicted molar refractivity (Wildman–Crippen MR) is 89.0 cm³/mol. The lowest BCUT2D eigenvalue weighted by atomic mass is 10.0. The van der Waals surface area contributed by atoms with Gasteiger partial charge in [-0.2, -0.15) is 5.26 Å². The minimum Gasteiger partial charge on any atom is -0.501 e. The largest absolute Gasteiger partial charge is 0.501 e. The van der Waals surface area contributed by atoms with Gasteiger partial charge in [-0.25, -0.2) is 0 Å². The smallest absolute Gasteiger partial charge is 0.312 e. The monoisotopic (exact) mass is 389 g/mol. The Labute approximate surface area is 143 Å². The molecule has 0 heterocycles. The SMILES string of the molecule is N#C/C(=C/c1cc(Br)c(O)c([N+](=O)[O-])c1)c1cccc([N+](=O)[O-])c1. The van der Waals surface area contributed by atoms with Crippen LogP contribution in [0.15, 0.2) is 40.9 Å². The van der Waals surface area contributed by atoms with E-state index in [4.69, 9.17) is 0 Å². The number of benzene rings is 2. The maximum atomic E-state index is 10.9. The number of phenolic OH excluding ortho intramolecular Hbond substituents is 1. The lowest BCUT2D eigenvalue weighted by molar-refractivity contribution is -0.386. The number of halogens is 1. The van der Waals surface area contributed by atoms with Crippen molar-refractivity contribution in [1.82, 2.24) is 0 Å². The van der Waals surface area contributed by atoms with Crippen molar-refractivity contribution in [2.75, 3.05) is 0 Å². The zero-order valence-corrected chi connectivity index (χ0v) is 13.4. The van der Waals surface area contributed by atoms with E-state index >= 15 is 0 Å². The molecular formula is C15H8BrN3O5. The fourth-order valence-electron chi connectivity index (χ4n) is 1.96. The Kier molecular flexibility index (Phi) is 4.91. The van der Waals surface area contributed by atoms with Crippen molar-refractivity contribution in [1.29, 1.82) is 5.26 Å². The minimum absolute atomic E-state index is 0.0885. The first-order valence-corrected chi connectivity index (χ1v) is 7.16. The van der Waals surface area contributed by atoms with E-state index in [2.05, 4.69) is 15.9 Å². The molecule has 0 aliphatic heterocycles. The van der Waals surface area contributed by atoms with Gasteiger partial charge in [0, 0.05) is 18.2 Å². The lowest BCUT2D eigenvalue weighted by Crippen LogP contribution is -1.91. The number of phenols is 1. The highest BCUT2D eigenvalue weighted by atomic mass is 79.9. The Morgan fingerprint density at radius 2 is 1.92 bits per heavy atom. The molecule has 0 radical (unpaired) electrons. The molecule has 0 fully saturated rings. The van der Waals surface area contributed by atoms with Crippen LogP contribution in [0.3, 0.4) is 0 Å². The van der Waals surface area contributed by atoms with Gasteiger partial charge in [0.1, 0.15) is 0 Å². The molecule has 0 aliphatic rings. The van der Waals surface area contributed by atoms with E-state index in [0.717, 1.165) is 6.07 Å². The summed E-state index contributed by atoms with van der Waals surface area (Å²) in [5, 5.41) is 40.7. The molecule has 2 aromatic carbocycles. The summed E-state index contributed by atoms with van der Waals surface area (Å²) in [6.45, 7) is 0. The van der Waals surface area contributed by atoms with Crippen molar-refractivity contribution in [2.45, 2.75) is 0 Å². The Morgan fingerprint density at radius 3 is 2.50 bits per heavy atom. The number of allylic oxidation sites excluding steroid dienone is 1. The van der Waals surface area contributed by atoms with Crippen molar-refractivity contribution in [3.63, 3.8) is 0 Å². The summed E-state index contributed by atoms with van der Waals surface area (Å²) < 4.78 is 0.0966. The van der Waals surface area contributed by atoms with Gasteiger partial charge in [-0.15, -0.1) is 0 Å². The van der Waals surface area contributed by atoms with Gasteiger partial charge in [-0.3, -0.25) is 20.2 Å². The van der Waals surface area contributed by atoms with Crippen LogP contribution in [0.4, 0.5) is 11.4 Å². The molecule has 1 N–H and O–H groups in total. The summed E-state index contributed by atoms with van der Waals surface area (Å²) in [4.78, 5) is 20.4. The van der Waals surface area contributed by atoms with Gasteiger partial charge in [0.25, 0.3) is 5.69 Å². The quantitative estimate of drug-likeness (QED) is 0.363. The second-order valence-electron chi connectivity index (χ2n) is 4.60. The summed E-state index contributed by atoms with van der Waals surface area (Å²) in [7, 11) is 0. The van der Waals surface area contributed by atoms with Crippen molar-refractivity contribution >= 4 is 39.0 Å². The molecule has 0 spiro atoms. The van der Waals surface area contributed by atoms with Crippen LogP contribution >= 0.6 is 15.9 Å². The molecule has 8 nitrogen and oxygen atoms in total. The summed E-state index contributed by atoms with van der Waals surface area (Å²) >= 11 is 3.01. The Morgan fingerprint density at radius 1 is 1.21 bits per heavy atom. The highest BCUT2D eigenvalue weighted by Crippen LogP contribution is 2.36. The summed E-state index contributed by atoms with van der Waals surface area (Å²) in [6.07, 6.45) is 1.34. The average Bonchev–Trinajstić information content (AvgIpc) is 2.55. The molecule has 0 saturated carbocycles. The Hall–Kier alpha value is -3.25. The molecule has 9 heteroatoms. The van der Waals surface area contributed by atoms with Gasteiger partial charge < -0.3 is 5.11 Å². The second-order valence-corrected chi connectivity index (χ2v) is 5.46. The van der Waals surface area contributed by atoms with Crippen LogP contribution in [0.1, 0.15) is 11.1 Å². The molecular weight excluding hydrogens is 382 g/mol. The summed E-state index contributed by atoms with van der Waals surface area (Å²) in [5.74, 6) is -0.522. The normalized spacial score (nSPS) is 10.9. The fourth-order valence-corrected chi connectivity index (χ4v) is 2.43. The third-order valence-electron chi connectivity index (χ3n) is 3.06. The lowest BCUT2D eigenvalue weighted by Gasteiger charge is -2.03. The molecule has 2 aromatic rings. The number of aromatic hydroxyl groups is 1. The number of nitro benzene ring substituents is 2. The predicted octanol–water partition coefficient (Wildman–Crippen LogP) is 4.04. The van der Waals surface area contributed by atoms with E-state index in [-0.39, 0.29) is 21.3 Å². The van der Waals surface area contributed by atoms with Crippen molar-refractivity contribution in [2.24, 2.45) is 0 Å². The van der Waals surface area contributed by atoms with Gasteiger partial charge in [-0.1, -0.05) is 12.1 Å². The number of nitro groups is 2. The summed E-state index contributed by atoms with van der Waals surface area (Å²) in [5.41, 5.74) is -0.0166. The van der Waals surface area contributed by atoms with E-state index < -0.39 is 21.3 Å². The maximum Gasteiger partial charge on any atom is 0.312 e. The number of nitrogens with zero attached hydrogens (tertiary/aromatic N) is 3. The number of nitriles is 1.